The fourth-order valence-electron chi connectivity index (χ4n) is 2.04. The fourth-order valence-corrected chi connectivity index (χ4v) is 2.12. The van der Waals surface area contributed by atoms with Crippen molar-refractivity contribution in [3.8, 4) is 0 Å². The van der Waals surface area contributed by atoms with Crippen molar-refractivity contribution < 1.29 is 9.53 Å². The number of anilines is 1. The Hall–Kier alpha value is -1.70. The van der Waals surface area contributed by atoms with Crippen LogP contribution in [0, 0.1) is 0 Å². The lowest BCUT2D eigenvalue weighted by Crippen LogP contribution is -2.47. The lowest BCUT2D eigenvalue weighted by molar-refractivity contribution is 0.0206. The molecule has 1 unspecified atom stereocenters. The van der Waals surface area contributed by atoms with Crippen LogP contribution in [0.1, 0.15) is 33.6 Å². The van der Waals surface area contributed by atoms with Crippen molar-refractivity contribution in [3.05, 3.63) is 5.28 Å². The van der Waals surface area contributed by atoms with Gasteiger partial charge >= 0.3 is 6.09 Å². The maximum atomic E-state index is 12.1. The summed E-state index contributed by atoms with van der Waals surface area (Å²) in [5, 5.41) is 17.9. The van der Waals surface area contributed by atoms with Crippen molar-refractivity contribution in [1.29, 1.82) is 0 Å². The molecule has 1 aromatic heterocycles. The van der Waals surface area contributed by atoms with E-state index in [9.17, 15) is 4.79 Å². The zero-order valence-electron chi connectivity index (χ0n) is 12.3. The Labute approximate surface area is 128 Å². The van der Waals surface area contributed by atoms with Crippen molar-refractivity contribution in [2.24, 2.45) is 0 Å². The van der Waals surface area contributed by atoms with Crippen LogP contribution in [0.3, 0.4) is 0 Å². The highest BCUT2D eigenvalue weighted by Crippen LogP contribution is 2.17. The molecule has 1 aliphatic rings. The Kier molecular flexibility index (Phi) is 4.76. The molecule has 0 aromatic carbocycles. The minimum Gasteiger partial charge on any atom is -0.444 e. The quantitative estimate of drug-likeness (QED) is 0.888. The number of nitrogens with one attached hydrogen (secondary N) is 1. The summed E-state index contributed by atoms with van der Waals surface area (Å²) in [4.78, 5) is 13.7. The minimum atomic E-state index is -0.495. The SMILES string of the molecule is CC(C)(C)OC(=O)N1CCCC(Nc2nnc(Cl)nn2)C1. The van der Waals surface area contributed by atoms with Crippen molar-refractivity contribution in [2.45, 2.75) is 45.3 Å². The summed E-state index contributed by atoms with van der Waals surface area (Å²) in [7, 11) is 0. The average molecular weight is 315 g/mol. The zero-order chi connectivity index (χ0) is 15.5. The van der Waals surface area contributed by atoms with E-state index in [1.165, 1.54) is 0 Å². The van der Waals surface area contributed by atoms with Crippen LogP contribution in [-0.2, 0) is 4.74 Å². The fraction of sp³-hybridized carbons (Fsp3) is 0.750. The molecule has 1 N–H and O–H groups in total. The third-order valence-corrected chi connectivity index (χ3v) is 3.01. The topological polar surface area (TPSA) is 93.1 Å². The normalized spacial score (nSPS) is 19.2. The molecular formula is C12H19ClN6O2. The number of hydrogen-bond acceptors (Lipinski definition) is 7. The van der Waals surface area contributed by atoms with Gasteiger partial charge in [-0.25, -0.2) is 4.79 Å². The summed E-state index contributed by atoms with van der Waals surface area (Å²) in [6, 6.07) is 0.0380. The van der Waals surface area contributed by atoms with Gasteiger partial charge in [-0.3, -0.25) is 0 Å². The van der Waals surface area contributed by atoms with E-state index >= 15 is 0 Å². The highest BCUT2D eigenvalue weighted by Gasteiger charge is 2.27. The summed E-state index contributed by atoms with van der Waals surface area (Å²) in [6.45, 7) is 6.77. The van der Waals surface area contributed by atoms with Crippen LogP contribution in [0.5, 0.6) is 0 Å². The van der Waals surface area contributed by atoms with E-state index in [-0.39, 0.29) is 17.4 Å². The number of halogens is 1. The minimum absolute atomic E-state index is 0.000393. The van der Waals surface area contributed by atoms with Crippen molar-refractivity contribution >= 4 is 23.6 Å². The lowest BCUT2D eigenvalue weighted by Gasteiger charge is -2.34. The average Bonchev–Trinajstić information content (AvgIpc) is 2.40. The van der Waals surface area contributed by atoms with Crippen LogP contribution >= 0.6 is 11.6 Å². The summed E-state index contributed by atoms with van der Waals surface area (Å²) >= 11 is 5.54. The molecule has 2 heterocycles. The largest absolute Gasteiger partial charge is 0.444 e. The smallest absolute Gasteiger partial charge is 0.410 e. The van der Waals surface area contributed by atoms with E-state index in [2.05, 4.69) is 25.7 Å². The number of rotatable bonds is 2. The first-order valence-corrected chi connectivity index (χ1v) is 7.18. The molecular weight excluding hydrogens is 296 g/mol. The summed E-state index contributed by atoms with van der Waals surface area (Å²) in [5.74, 6) is 0.301. The lowest BCUT2D eigenvalue weighted by atomic mass is 10.1. The number of piperidine rings is 1. The van der Waals surface area contributed by atoms with Crippen molar-refractivity contribution in [1.82, 2.24) is 25.3 Å². The Morgan fingerprint density at radius 2 is 2.00 bits per heavy atom. The van der Waals surface area contributed by atoms with Crippen LogP contribution in [0.15, 0.2) is 0 Å². The Balaban J connectivity index is 1.91. The number of ether oxygens (including phenoxy) is 1. The van der Waals surface area contributed by atoms with Gasteiger partial charge < -0.3 is 15.0 Å². The first-order chi connectivity index (χ1) is 9.83. The Bertz CT molecular complexity index is 490. The van der Waals surface area contributed by atoms with Gasteiger partial charge in [-0.1, -0.05) is 0 Å². The zero-order valence-corrected chi connectivity index (χ0v) is 13.1. The molecule has 21 heavy (non-hydrogen) atoms. The van der Waals surface area contributed by atoms with Crippen LogP contribution in [0.25, 0.3) is 0 Å². The second kappa shape index (κ2) is 6.38. The molecule has 0 saturated carbocycles. The molecule has 1 aromatic rings. The number of carbonyl (C=O) groups excluding carboxylic acids is 1. The molecule has 0 radical (unpaired) electrons. The van der Waals surface area contributed by atoms with E-state index in [1.807, 2.05) is 20.8 Å². The molecule has 9 heteroatoms. The first-order valence-electron chi connectivity index (χ1n) is 6.81. The third-order valence-electron chi connectivity index (χ3n) is 2.86. The third kappa shape index (κ3) is 4.96. The summed E-state index contributed by atoms with van der Waals surface area (Å²) in [5.41, 5.74) is -0.495. The van der Waals surface area contributed by atoms with E-state index < -0.39 is 5.60 Å². The monoisotopic (exact) mass is 314 g/mol. The number of amides is 1. The van der Waals surface area contributed by atoms with E-state index in [0.29, 0.717) is 19.0 Å². The maximum absolute atomic E-state index is 12.1. The number of likely N-dealkylation sites (tertiary alicyclic amines) is 1. The van der Waals surface area contributed by atoms with Gasteiger partial charge in [0.25, 0.3) is 11.2 Å². The van der Waals surface area contributed by atoms with E-state index in [4.69, 9.17) is 16.3 Å². The molecule has 0 spiro atoms. The Morgan fingerprint density at radius 1 is 1.33 bits per heavy atom. The molecule has 1 atom stereocenters. The predicted molar refractivity (Wildman–Crippen MR) is 77.1 cm³/mol. The number of nitrogens with zero attached hydrogens (tertiary/aromatic N) is 5. The second-order valence-electron chi connectivity index (χ2n) is 5.90. The molecule has 1 aliphatic heterocycles. The van der Waals surface area contributed by atoms with Crippen LogP contribution < -0.4 is 5.32 Å². The Morgan fingerprint density at radius 3 is 2.62 bits per heavy atom. The molecule has 2 rings (SSSR count). The molecule has 1 fully saturated rings. The highest BCUT2D eigenvalue weighted by atomic mass is 35.5. The van der Waals surface area contributed by atoms with Crippen molar-refractivity contribution in [2.75, 3.05) is 18.4 Å². The maximum Gasteiger partial charge on any atom is 0.410 e. The molecule has 8 nitrogen and oxygen atoms in total. The number of carbonyl (C=O) groups is 1. The molecule has 1 saturated heterocycles. The van der Waals surface area contributed by atoms with Crippen molar-refractivity contribution in [3.63, 3.8) is 0 Å². The highest BCUT2D eigenvalue weighted by molar-refractivity contribution is 6.28. The van der Waals surface area contributed by atoms with Crippen LogP contribution in [0.2, 0.25) is 5.28 Å². The van der Waals surface area contributed by atoms with Gasteiger partial charge in [0.15, 0.2) is 0 Å². The van der Waals surface area contributed by atoms with Gasteiger partial charge in [0.1, 0.15) is 5.60 Å². The van der Waals surface area contributed by atoms with E-state index in [1.54, 1.807) is 4.90 Å². The number of hydrogen-bond donors (Lipinski definition) is 1. The first kappa shape index (κ1) is 15.7. The van der Waals surface area contributed by atoms with Gasteiger partial charge in [-0.2, -0.15) is 0 Å². The standard InChI is InChI=1S/C12H19ClN6O2/c1-12(2,3)21-11(20)19-6-4-5-8(7-19)14-10-17-15-9(13)16-18-10/h8H,4-7H2,1-3H3,(H,14,17,18). The van der Waals surface area contributed by atoms with Gasteiger partial charge in [-0.15, -0.1) is 20.4 Å². The van der Waals surface area contributed by atoms with Crippen LogP contribution in [0.4, 0.5) is 10.7 Å². The van der Waals surface area contributed by atoms with E-state index in [0.717, 1.165) is 12.8 Å². The number of aromatic nitrogens is 4. The summed E-state index contributed by atoms with van der Waals surface area (Å²) in [6.07, 6.45) is 1.48. The molecule has 116 valence electrons. The van der Waals surface area contributed by atoms with Gasteiger partial charge in [0.05, 0.1) is 0 Å². The van der Waals surface area contributed by atoms with Gasteiger partial charge in [0.2, 0.25) is 0 Å². The van der Waals surface area contributed by atoms with Crippen LogP contribution in [-0.4, -0.2) is 56.1 Å². The van der Waals surface area contributed by atoms with Gasteiger partial charge in [-0.05, 0) is 45.2 Å². The molecule has 1 amide bonds. The predicted octanol–water partition coefficient (Wildman–Crippen LogP) is 1.73. The molecule has 0 bridgehead atoms. The second-order valence-corrected chi connectivity index (χ2v) is 6.24. The van der Waals surface area contributed by atoms with Gasteiger partial charge in [0, 0.05) is 19.1 Å². The molecule has 0 aliphatic carbocycles. The summed E-state index contributed by atoms with van der Waals surface area (Å²) < 4.78 is 5.38.